The van der Waals surface area contributed by atoms with E-state index in [2.05, 4.69) is 106 Å². The summed E-state index contributed by atoms with van der Waals surface area (Å²) in [6.45, 7) is 6.47. The monoisotopic (exact) mass is 947 g/mol. The van der Waals surface area contributed by atoms with Gasteiger partial charge in [-0.05, 0) is 109 Å². The zero-order valence-corrected chi connectivity index (χ0v) is 44.6. The summed E-state index contributed by atoms with van der Waals surface area (Å²) in [5.41, 5.74) is 0. The van der Waals surface area contributed by atoms with Crippen molar-refractivity contribution in [3.05, 3.63) is 85.1 Å². The van der Waals surface area contributed by atoms with Gasteiger partial charge in [0.1, 0.15) is 13.2 Å². The molecule has 0 aromatic heterocycles. The minimum Gasteiger partial charge on any atom is -0.462 e. The molecule has 390 valence electrons. The van der Waals surface area contributed by atoms with E-state index in [4.69, 9.17) is 14.2 Å². The number of ether oxygens (including phenoxy) is 3. The second kappa shape index (κ2) is 56.2. The van der Waals surface area contributed by atoms with Crippen LogP contribution in [0.15, 0.2) is 85.1 Å². The topological polar surface area (TPSA) is 78.9 Å². The quantitative estimate of drug-likeness (QED) is 0.0262. The molecule has 0 amide bonds. The molecule has 0 aliphatic heterocycles. The Labute approximate surface area is 420 Å². The van der Waals surface area contributed by atoms with Crippen LogP contribution in [0, 0.1) is 0 Å². The number of carbonyl (C=O) groups is 3. The van der Waals surface area contributed by atoms with E-state index in [9.17, 15) is 14.4 Å². The van der Waals surface area contributed by atoms with Gasteiger partial charge in [-0.25, -0.2) is 0 Å². The van der Waals surface area contributed by atoms with Gasteiger partial charge >= 0.3 is 17.9 Å². The molecule has 1 unspecified atom stereocenters. The van der Waals surface area contributed by atoms with E-state index < -0.39 is 6.10 Å². The molecular weight excluding hydrogens is 841 g/mol. The largest absolute Gasteiger partial charge is 0.462 e. The first-order valence-electron chi connectivity index (χ1n) is 28.6. The van der Waals surface area contributed by atoms with E-state index >= 15 is 0 Å². The Morgan fingerprint density at radius 3 is 0.956 bits per heavy atom. The molecule has 1 atom stereocenters. The molecule has 0 saturated heterocycles. The molecule has 0 aliphatic rings. The molecule has 0 aromatic rings. The van der Waals surface area contributed by atoms with E-state index in [0.29, 0.717) is 19.3 Å². The van der Waals surface area contributed by atoms with Crippen molar-refractivity contribution < 1.29 is 28.6 Å². The average molecular weight is 948 g/mol. The minimum atomic E-state index is -0.790. The van der Waals surface area contributed by atoms with Crippen LogP contribution in [-0.4, -0.2) is 37.2 Å². The Bertz CT molecular complexity index is 1320. The highest BCUT2D eigenvalue weighted by Crippen LogP contribution is 2.15. The van der Waals surface area contributed by atoms with Gasteiger partial charge in [0.05, 0.1) is 0 Å². The average Bonchev–Trinajstić information content (AvgIpc) is 3.34. The van der Waals surface area contributed by atoms with Crippen LogP contribution < -0.4 is 0 Å². The Kier molecular flexibility index (Phi) is 53.4. The summed E-state index contributed by atoms with van der Waals surface area (Å²) in [5.74, 6) is -0.914. The van der Waals surface area contributed by atoms with Crippen molar-refractivity contribution >= 4 is 17.9 Å². The highest BCUT2D eigenvalue weighted by molar-refractivity contribution is 5.71. The third kappa shape index (κ3) is 53.5. The molecule has 0 heterocycles. The first-order valence-corrected chi connectivity index (χ1v) is 28.6. The number of esters is 3. The van der Waals surface area contributed by atoms with Crippen LogP contribution in [-0.2, 0) is 28.6 Å². The van der Waals surface area contributed by atoms with Gasteiger partial charge < -0.3 is 14.2 Å². The fraction of sp³-hybridized carbons (Fsp3) is 0.726. The zero-order chi connectivity index (χ0) is 49.3. The van der Waals surface area contributed by atoms with E-state index in [0.717, 1.165) is 128 Å². The number of hydrogen-bond acceptors (Lipinski definition) is 6. The number of allylic oxidation sites excluding steroid dienone is 14. The maximum absolute atomic E-state index is 12.8. The van der Waals surface area contributed by atoms with Crippen molar-refractivity contribution in [2.24, 2.45) is 0 Å². The SMILES string of the molecule is CC/C=C\C/C=C\C/C=C\C/C=C\CCCCCCCCCCC(=O)OCC(COC(=O)CCCCCCC/C=C\C/C=C\CCCC)OC(=O)CCCCCCC/C=C\CCCCCCCC. The molecule has 6 nitrogen and oxygen atoms in total. The lowest BCUT2D eigenvalue weighted by Crippen LogP contribution is -2.30. The number of unbranched alkanes of at least 4 members (excludes halogenated alkanes) is 26. The first-order chi connectivity index (χ1) is 33.5. The molecule has 6 heteroatoms. The van der Waals surface area contributed by atoms with Crippen molar-refractivity contribution in [2.45, 2.75) is 277 Å². The Morgan fingerprint density at radius 2 is 0.588 bits per heavy atom. The Balaban J connectivity index is 4.39. The molecule has 0 aliphatic carbocycles. The van der Waals surface area contributed by atoms with Gasteiger partial charge in [-0.2, -0.15) is 0 Å². The van der Waals surface area contributed by atoms with Crippen molar-refractivity contribution in [2.75, 3.05) is 13.2 Å². The first kappa shape index (κ1) is 64.6. The van der Waals surface area contributed by atoms with E-state index in [-0.39, 0.29) is 31.1 Å². The molecule has 0 aromatic carbocycles. The normalized spacial score (nSPS) is 12.7. The Hall–Kier alpha value is -3.41. The van der Waals surface area contributed by atoms with Crippen LogP contribution in [0.2, 0.25) is 0 Å². The van der Waals surface area contributed by atoms with Crippen LogP contribution in [0.3, 0.4) is 0 Å². The standard InChI is InChI=1S/C62H106O6/c1-4-7-10-13-16-19-22-25-28-29-30-31-32-33-35-37-40-43-46-49-52-55-61(64)67-58-59(57-66-60(63)54-51-48-45-42-39-36-27-24-21-18-15-12-9-6-3)68-62(65)56-53-50-47-44-41-38-34-26-23-20-17-14-11-8-5-2/h7,10,15-16,18-19,24-28,30-31,34,59H,4-6,8-9,11-14,17,20-23,29,32-33,35-58H2,1-3H3/b10-7-,18-15-,19-16-,27-24-,28-25-,31-30-,34-26-. The molecular formula is C62H106O6. The van der Waals surface area contributed by atoms with Gasteiger partial charge in [-0.1, -0.05) is 228 Å². The van der Waals surface area contributed by atoms with Gasteiger partial charge in [0.25, 0.3) is 0 Å². The second-order valence-corrected chi connectivity index (χ2v) is 18.8. The summed E-state index contributed by atoms with van der Waals surface area (Å²) >= 11 is 0. The van der Waals surface area contributed by atoms with E-state index in [1.807, 2.05) is 0 Å². The maximum atomic E-state index is 12.8. The highest BCUT2D eigenvalue weighted by Gasteiger charge is 2.19. The third-order valence-electron chi connectivity index (χ3n) is 12.1. The summed E-state index contributed by atoms with van der Waals surface area (Å²) in [5, 5.41) is 0. The molecule has 0 fully saturated rings. The van der Waals surface area contributed by atoms with Gasteiger partial charge in [0.15, 0.2) is 6.10 Å². The van der Waals surface area contributed by atoms with Crippen molar-refractivity contribution in [1.29, 1.82) is 0 Å². The maximum Gasteiger partial charge on any atom is 0.306 e. The number of carbonyl (C=O) groups excluding carboxylic acids is 3. The predicted molar refractivity (Wildman–Crippen MR) is 293 cm³/mol. The van der Waals surface area contributed by atoms with Crippen molar-refractivity contribution in [3.8, 4) is 0 Å². The molecule has 0 N–H and O–H groups in total. The smallest absolute Gasteiger partial charge is 0.306 e. The fourth-order valence-electron chi connectivity index (χ4n) is 7.80. The van der Waals surface area contributed by atoms with Crippen LogP contribution >= 0.6 is 0 Å². The zero-order valence-electron chi connectivity index (χ0n) is 44.6. The lowest BCUT2D eigenvalue weighted by molar-refractivity contribution is -0.167. The molecule has 0 spiro atoms. The molecule has 0 saturated carbocycles. The summed E-state index contributed by atoms with van der Waals surface area (Å²) in [6, 6.07) is 0. The summed E-state index contributed by atoms with van der Waals surface area (Å²) in [7, 11) is 0. The van der Waals surface area contributed by atoms with E-state index in [1.165, 1.54) is 103 Å². The molecule has 0 bridgehead atoms. The highest BCUT2D eigenvalue weighted by atomic mass is 16.6. The third-order valence-corrected chi connectivity index (χ3v) is 12.1. The Morgan fingerprint density at radius 1 is 0.309 bits per heavy atom. The van der Waals surface area contributed by atoms with Crippen molar-refractivity contribution in [1.82, 2.24) is 0 Å². The minimum absolute atomic E-state index is 0.0886. The number of rotatable bonds is 51. The van der Waals surface area contributed by atoms with Crippen LogP contribution in [0.5, 0.6) is 0 Å². The van der Waals surface area contributed by atoms with E-state index in [1.54, 1.807) is 0 Å². The van der Waals surface area contributed by atoms with Gasteiger partial charge in [0, 0.05) is 19.3 Å². The van der Waals surface area contributed by atoms with Crippen molar-refractivity contribution in [3.63, 3.8) is 0 Å². The lowest BCUT2D eigenvalue weighted by atomic mass is 10.1. The number of hydrogen-bond donors (Lipinski definition) is 0. The predicted octanol–water partition coefficient (Wildman–Crippen LogP) is 19.2. The van der Waals surface area contributed by atoms with Crippen LogP contribution in [0.4, 0.5) is 0 Å². The lowest BCUT2D eigenvalue weighted by Gasteiger charge is -2.18. The van der Waals surface area contributed by atoms with Crippen LogP contribution in [0.1, 0.15) is 271 Å². The molecule has 68 heavy (non-hydrogen) atoms. The van der Waals surface area contributed by atoms with Gasteiger partial charge in [-0.15, -0.1) is 0 Å². The summed E-state index contributed by atoms with van der Waals surface area (Å²) in [4.78, 5) is 38.1. The summed E-state index contributed by atoms with van der Waals surface area (Å²) in [6.07, 6.45) is 72.8. The summed E-state index contributed by atoms with van der Waals surface area (Å²) < 4.78 is 16.8. The van der Waals surface area contributed by atoms with Gasteiger partial charge in [-0.3, -0.25) is 14.4 Å². The fourth-order valence-corrected chi connectivity index (χ4v) is 7.80. The van der Waals surface area contributed by atoms with Gasteiger partial charge in [0.2, 0.25) is 0 Å². The second-order valence-electron chi connectivity index (χ2n) is 18.8. The molecule has 0 rings (SSSR count). The van der Waals surface area contributed by atoms with Crippen LogP contribution in [0.25, 0.3) is 0 Å². The molecule has 0 radical (unpaired) electrons.